The summed E-state index contributed by atoms with van der Waals surface area (Å²) in [6, 6.07) is 3.93. The van der Waals surface area contributed by atoms with Gasteiger partial charge in [0, 0.05) is 51.0 Å². The molecule has 0 unspecified atom stereocenters. The van der Waals surface area contributed by atoms with Gasteiger partial charge in [0.15, 0.2) is 0 Å². The summed E-state index contributed by atoms with van der Waals surface area (Å²) in [5.41, 5.74) is 1.77. The van der Waals surface area contributed by atoms with Gasteiger partial charge in [0.05, 0.1) is 16.6 Å². The minimum absolute atomic E-state index is 0.0104. The third kappa shape index (κ3) is 4.57. The van der Waals surface area contributed by atoms with Crippen LogP contribution in [0.15, 0.2) is 24.8 Å². The van der Waals surface area contributed by atoms with Crippen LogP contribution in [0.3, 0.4) is 0 Å². The Hall–Kier alpha value is -1.76. The molecule has 1 N–H and O–H groups in total. The van der Waals surface area contributed by atoms with Crippen LogP contribution in [0.5, 0.6) is 0 Å². The van der Waals surface area contributed by atoms with Crippen molar-refractivity contribution in [3.05, 3.63) is 40.4 Å². The summed E-state index contributed by atoms with van der Waals surface area (Å²) in [5.74, 6) is 0.0564. The number of nitrogens with one attached hydrogen (secondary N) is 1. The maximum absolute atomic E-state index is 12.5. The predicted octanol–water partition coefficient (Wildman–Crippen LogP) is 2.25. The molecule has 2 heterocycles. The van der Waals surface area contributed by atoms with E-state index < -0.39 is 0 Å². The molecular weight excluding hydrogens is 387 g/mol. The molecule has 0 saturated carbocycles. The largest absolute Gasteiger partial charge is 0.376 e. The quantitative estimate of drug-likeness (QED) is 0.756. The van der Waals surface area contributed by atoms with E-state index in [1.54, 1.807) is 17.0 Å². The van der Waals surface area contributed by atoms with E-state index in [1.165, 1.54) is 6.08 Å². The number of carbonyl (C=O) groups excluding carboxylic acids is 2. The second kappa shape index (κ2) is 8.50. The second-order valence-electron chi connectivity index (χ2n) is 6.95. The molecule has 2 fully saturated rings. The van der Waals surface area contributed by atoms with Crippen LogP contribution >= 0.6 is 23.2 Å². The van der Waals surface area contributed by atoms with Crippen LogP contribution in [0.4, 0.5) is 5.69 Å². The minimum Gasteiger partial charge on any atom is -0.376 e. The molecule has 1 aromatic carbocycles. The Morgan fingerprint density at radius 1 is 1.15 bits per heavy atom. The van der Waals surface area contributed by atoms with Crippen LogP contribution in [-0.4, -0.2) is 78.4 Å². The number of hydrogen-bond acceptors (Lipinski definition) is 4. The Balaban J connectivity index is 1.43. The molecule has 0 radical (unpaired) electrons. The lowest BCUT2D eigenvalue weighted by molar-refractivity contribution is -0.135. The van der Waals surface area contributed by atoms with Crippen LogP contribution in [-0.2, 0) is 9.59 Å². The molecule has 0 aromatic heterocycles. The van der Waals surface area contributed by atoms with E-state index in [2.05, 4.69) is 16.8 Å². The monoisotopic (exact) mass is 410 g/mol. The van der Waals surface area contributed by atoms with E-state index in [0.717, 1.165) is 37.4 Å². The number of benzene rings is 1. The van der Waals surface area contributed by atoms with Gasteiger partial charge in [-0.15, -0.1) is 0 Å². The summed E-state index contributed by atoms with van der Waals surface area (Å²) in [6.45, 7) is 10.2. The number of nitrogens with zero attached hydrogens (tertiary/aromatic N) is 3. The zero-order valence-corrected chi connectivity index (χ0v) is 16.9. The van der Waals surface area contributed by atoms with E-state index in [1.807, 2.05) is 11.8 Å². The Kier molecular flexibility index (Phi) is 6.29. The standard InChI is InChI=1S/C19H24Cl2N4O2/c1-3-18(26)25-11-14(12-25)23-4-6-24(7-5-23)19(27)10-22-17-9-16(21)15(20)8-13(17)2/h3,8-9,14,22H,1,4-7,10-12H2,2H3. The van der Waals surface area contributed by atoms with Crippen LogP contribution in [0.25, 0.3) is 0 Å². The van der Waals surface area contributed by atoms with Crippen molar-refractivity contribution in [3.8, 4) is 0 Å². The van der Waals surface area contributed by atoms with Crippen molar-refractivity contribution in [2.24, 2.45) is 0 Å². The fourth-order valence-electron chi connectivity index (χ4n) is 3.45. The normalized spacial score (nSPS) is 18.2. The van der Waals surface area contributed by atoms with Crippen molar-refractivity contribution in [1.29, 1.82) is 0 Å². The first kappa shape index (κ1) is 20.0. The highest BCUT2D eigenvalue weighted by Crippen LogP contribution is 2.28. The van der Waals surface area contributed by atoms with Gasteiger partial charge < -0.3 is 15.1 Å². The number of halogens is 2. The van der Waals surface area contributed by atoms with Gasteiger partial charge in [-0.2, -0.15) is 0 Å². The van der Waals surface area contributed by atoms with Gasteiger partial charge in [0.1, 0.15) is 0 Å². The molecule has 0 bridgehead atoms. The Labute approximate surface area is 169 Å². The van der Waals surface area contributed by atoms with Gasteiger partial charge in [-0.1, -0.05) is 29.8 Å². The number of rotatable bonds is 5. The minimum atomic E-state index is -0.0104. The van der Waals surface area contributed by atoms with Crippen molar-refractivity contribution in [3.63, 3.8) is 0 Å². The lowest BCUT2D eigenvalue weighted by Crippen LogP contribution is -2.64. The molecule has 3 rings (SSSR count). The van der Waals surface area contributed by atoms with Crippen molar-refractivity contribution < 1.29 is 9.59 Å². The van der Waals surface area contributed by atoms with Crippen molar-refractivity contribution >= 4 is 40.7 Å². The third-order valence-corrected chi connectivity index (χ3v) is 5.95. The molecule has 8 heteroatoms. The van der Waals surface area contributed by atoms with Crippen LogP contribution in [0, 0.1) is 6.92 Å². The van der Waals surface area contributed by atoms with Gasteiger partial charge in [0.2, 0.25) is 11.8 Å². The first-order valence-corrected chi connectivity index (χ1v) is 9.77. The number of carbonyl (C=O) groups is 2. The van der Waals surface area contributed by atoms with E-state index in [9.17, 15) is 9.59 Å². The molecule has 6 nitrogen and oxygen atoms in total. The Morgan fingerprint density at radius 3 is 2.41 bits per heavy atom. The van der Waals surface area contributed by atoms with Crippen molar-refractivity contribution in [1.82, 2.24) is 14.7 Å². The number of amides is 2. The van der Waals surface area contributed by atoms with E-state index in [4.69, 9.17) is 23.2 Å². The second-order valence-corrected chi connectivity index (χ2v) is 7.77. The maximum Gasteiger partial charge on any atom is 0.246 e. The highest BCUT2D eigenvalue weighted by molar-refractivity contribution is 6.42. The average Bonchev–Trinajstić information content (AvgIpc) is 2.62. The highest BCUT2D eigenvalue weighted by atomic mass is 35.5. The van der Waals surface area contributed by atoms with E-state index in [0.29, 0.717) is 29.2 Å². The summed E-state index contributed by atoms with van der Waals surface area (Å²) in [5, 5.41) is 4.13. The summed E-state index contributed by atoms with van der Waals surface area (Å²) < 4.78 is 0. The molecule has 2 aliphatic rings. The summed E-state index contributed by atoms with van der Waals surface area (Å²) in [6.07, 6.45) is 1.36. The number of piperazine rings is 1. The fourth-order valence-corrected chi connectivity index (χ4v) is 3.83. The van der Waals surface area contributed by atoms with Crippen LogP contribution in [0.1, 0.15) is 5.56 Å². The predicted molar refractivity (Wildman–Crippen MR) is 108 cm³/mol. The maximum atomic E-state index is 12.5. The molecule has 2 saturated heterocycles. The summed E-state index contributed by atoms with van der Waals surface area (Å²) in [7, 11) is 0. The lowest BCUT2D eigenvalue weighted by Gasteiger charge is -2.47. The molecule has 27 heavy (non-hydrogen) atoms. The smallest absolute Gasteiger partial charge is 0.246 e. The third-order valence-electron chi connectivity index (χ3n) is 5.23. The van der Waals surface area contributed by atoms with Crippen LogP contribution in [0.2, 0.25) is 10.0 Å². The highest BCUT2D eigenvalue weighted by Gasteiger charge is 2.35. The Bertz CT molecular complexity index is 741. The lowest BCUT2D eigenvalue weighted by atomic mass is 10.1. The molecule has 2 aliphatic heterocycles. The zero-order chi connectivity index (χ0) is 19.6. The molecule has 0 spiro atoms. The summed E-state index contributed by atoms with van der Waals surface area (Å²) >= 11 is 12.0. The topological polar surface area (TPSA) is 55.9 Å². The average molecular weight is 411 g/mol. The Morgan fingerprint density at radius 2 is 1.78 bits per heavy atom. The molecule has 146 valence electrons. The SMILES string of the molecule is C=CC(=O)N1CC(N2CCN(C(=O)CNc3cc(Cl)c(Cl)cc3C)CC2)C1. The number of aryl methyl sites for hydroxylation is 1. The first-order valence-electron chi connectivity index (χ1n) is 9.01. The molecule has 2 amide bonds. The van der Waals surface area contributed by atoms with Gasteiger partial charge in [-0.05, 0) is 30.7 Å². The van der Waals surface area contributed by atoms with E-state index in [-0.39, 0.29) is 18.4 Å². The first-order chi connectivity index (χ1) is 12.9. The fraction of sp³-hybridized carbons (Fsp3) is 0.474. The van der Waals surface area contributed by atoms with Crippen molar-refractivity contribution in [2.75, 3.05) is 51.1 Å². The van der Waals surface area contributed by atoms with Gasteiger partial charge in [0.25, 0.3) is 0 Å². The van der Waals surface area contributed by atoms with E-state index >= 15 is 0 Å². The number of hydrogen-bond donors (Lipinski definition) is 1. The number of likely N-dealkylation sites (tertiary alicyclic amines) is 1. The van der Waals surface area contributed by atoms with Gasteiger partial charge >= 0.3 is 0 Å². The molecule has 0 atom stereocenters. The van der Waals surface area contributed by atoms with Crippen molar-refractivity contribution in [2.45, 2.75) is 13.0 Å². The summed E-state index contributed by atoms with van der Waals surface area (Å²) in [4.78, 5) is 30.0. The zero-order valence-electron chi connectivity index (χ0n) is 15.4. The van der Waals surface area contributed by atoms with Crippen LogP contribution < -0.4 is 5.32 Å². The van der Waals surface area contributed by atoms with Gasteiger partial charge in [-0.3, -0.25) is 14.5 Å². The number of anilines is 1. The van der Waals surface area contributed by atoms with Gasteiger partial charge in [-0.25, -0.2) is 0 Å². The molecule has 1 aromatic rings. The molecule has 0 aliphatic carbocycles. The molecular formula is C19H24Cl2N4O2.